The van der Waals surface area contributed by atoms with Gasteiger partial charge in [0.1, 0.15) is 5.75 Å². The molecule has 0 saturated heterocycles. The Morgan fingerprint density at radius 1 is 1.06 bits per heavy atom. The van der Waals surface area contributed by atoms with Crippen LogP contribution in [0.1, 0.15) is 57.6 Å². The first-order chi connectivity index (χ1) is 14.9. The molecule has 7 heteroatoms. The molecule has 0 aliphatic heterocycles. The van der Waals surface area contributed by atoms with Crippen LogP contribution in [0.3, 0.4) is 0 Å². The maximum absolute atomic E-state index is 13.5. The van der Waals surface area contributed by atoms with Crippen molar-refractivity contribution in [2.75, 3.05) is 13.2 Å². The molecule has 2 aromatic carbocycles. The molecule has 1 aliphatic rings. The normalized spacial score (nSPS) is 16.1. The van der Waals surface area contributed by atoms with Crippen LogP contribution in [0.2, 0.25) is 0 Å². The maximum Gasteiger partial charge on any atom is 0.243 e. The van der Waals surface area contributed by atoms with Gasteiger partial charge in [-0.3, -0.25) is 4.79 Å². The molecular weight excluding hydrogens is 412 g/mol. The Morgan fingerprint density at radius 2 is 1.71 bits per heavy atom. The fourth-order valence-corrected chi connectivity index (χ4v) is 5.68. The zero-order valence-electron chi connectivity index (χ0n) is 18.3. The Kier molecular flexibility index (Phi) is 8.09. The minimum absolute atomic E-state index is 0.164. The first-order valence-corrected chi connectivity index (χ1v) is 12.4. The highest BCUT2D eigenvalue weighted by atomic mass is 32.2. The van der Waals surface area contributed by atoms with Crippen LogP contribution >= 0.6 is 0 Å². The van der Waals surface area contributed by atoms with Gasteiger partial charge in [-0.1, -0.05) is 49.6 Å². The van der Waals surface area contributed by atoms with Crippen LogP contribution < -0.4 is 10.1 Å². The summed E-state index contributed by atoms with van der Waals surface area (Å²) in [6.45, 7) is 4.11. The number of amides is 1. The van der Waals surface area contributed by atoms with Gasteiger partial charge in [0.25, 0.3) is 0 Å². The van der Waals surface area contributed by atoms with Crippen molar-refractivity contribution in [1.82, 2.24) is 9.62 Å². The molecule has 1 fully saturated rings. The molecule has 1 aliphatic carbocycles. The Labute approximate surface area is 185 Å². The average molecular weight is 445 g/mol. The van der Waals surface area contributed by atoms with Crippen LogP contribution in [0.25, 0.3) is 0 Å². The summed E-state index contributed by atoms with van der Waals surface area (Å²) in [4.78, 5) is 13.0. The van der Waals surface area contributed by atoms with Crippen LogP contribution in [-0.4, -0.2) is 37.8 Å². The van der Waals surface area contributed by atoms with E-state index < -0.39 is 10.0 Å². The fourth-order valence-electron chi connectivity index (χ4n) is 4.04. The highest BCUT2D eigenvalue weighted by Gasteiger charge is 2.34. The molecule has 1 atom stereocenters. The summed E-state index contributed by atoms with van der Waals surface area (Å²) in [5, 5.41) is 2.95. The van der Waals surface area contributed by atoms with Crippen LogP contribution in [0.5, 0.6) is 5.75 Å². The molecule has 168 valence electrons. The first-order valence-electron chi connectivity index (χ1n) is 11.0. The lowest BCUT2D eigenvalue weighted by molar-refractivity contribution is -0.122. The SMILES string of the molecule is CCOc1ccc(S(=O)(=O)N(CC(=O)N[C@H](C)c2ccccc2)C2CCCCC2)cc1. The summed E-state index contributed by atoms with van der Waals surface area (Å²) in [5.74, 6) is 0.330. The molecule has 1 saturated carbocycles. The second-order valence-electron chi connectivity index (χ2n) is 7.95. The minimum atomic E-state index is -3.81. The summed E-state index contributed by atoms with van der Waals surface area (Å²) in [6, 6.07) is 15.7. The smallest absolute Gasteiger partial charge is 0.243 e. The fraction of sp³-hybridized carbons (Fsp3) is 0.458. The van der Waals surface area contributed by atoms with Crippen molar-refractivity contribution in [3.8, 4) is 5.75 Å². The van der Waals surface area contributed by atoms with E-state index in [2.05, 4.69) is 5.32 Å². The number of benzene rings is 2. The summed E-state index contributed by atoms with van der Waals surface area (Å²) >= 11 is 0. The number of rotatable bonds is 9. The van der Waals surface area contributed by atoms with Crippen molar-refractivity contribution in [1.29, 1.82) is 0 Å². The van der Waals surface area contributed by atoms with Gasteiger partial charge in [0.2, 0.25) is 15.9 Å². The first kappa shape index (κ1) is 23.3. The molecule has 1 N–H and O–H groups in total. The van der Waals surface area contributed by atoms with E-state index in [1.54, 1.807) is 24.3 Å². The number of carbonyl (C=O) groups excluding carboxylic acids is 1. The van der Waals surface area contributed by atoms with Gasteiger partial charge in [-0.25, -0.2) is 8.42 Å². The number of hydrogen-bond acceptors (Lipinski definition) is 4. The predicted octanol–water partition coefficient (Wildman–Crippen LogP) is 4.29. The molecule has 0 spiro atoms. The zero-order valence-corrected chi connectivity index (χ0v) is 19.1. The van der Waals surface area contributed by atoms with Gasteiger partial charge in [-0.15, -0.1) is 0 Å². The van der Waals surface area contributed by atoms with Gasteiger partial charge >= 0.3 is 0 Å². The van der Waals surface area contributed by atoms with Crippen LogP contribution in [0.4, 0.5) is 0 Å². The van der Waals surface area contributed by atoms with Crippen molar-refractivity contribution in [3.05, 3.63) is 60.2 Å². The van der Waals surface area contributed by atoms with E-state index in [4.69, 9.17) is 4.74 Å². The quantitative estimate of drug-likeness (QED) is 0.626. The van der Waals surface area contributed by atoms with Gasteiger partial charge in [0, 0.05) is 6.04 Å². The minimum Gasteiger partial charge on any atom is -0.494 e. The van der Waals surface area contributed by atoms with Crippen molar-refractivity contribution in [2.24, 2.45) is 0 Å². The largest absolute Gasteiger partial charge is 0.494 e. The van der Waals surface area contributed by atoms with E-state index in [0.717, 1.165) is 37.7 Å². The van der Waals surface area contributed by atoms with E-state index in [1.165, 1.54) is 4.31 Å². The Balaban J connectivity index is 1.79. The maximum atomic E-state index is 13.5. The van der Waals surface area contributed by atoms with Crippen LogP contribution in [0, 0.1) is 0 Å². The summed E-state index contributed by atoms with van der Waals surface area (Å²) in [6.07, 6.45) is 4.60. The van der Waals surface area contributed by atoms with Crippen molar-refractivity contribution in [2.45, 2.75) is 62.9 Å². The van der Waals surface area contributed by atoms with Crippen LogP contribution in [0.15, 0.2) is 59.5 Å². The van der Waals surface area contributed by atoms with E-state index in [-0.39, 0.29) is 29.4 Å². The Bertz CT molecular complexity index is 939. The van der Waals surface area contributed by atoms with E-state index >= 15 is 0 Å². The standard InChI is InChI=1S/C24H32N2O4S/c1-3-30-22-14-16-23(17-15-22)31(28,29)26(21-12-8-5-9-13-21)18-24(27)25-19(2)20-10-6-4-7-11-20/h4,6-7,10-11,14-17,19,21H,3,5,8-9,12-13,18H2,1-2H3,(H,25,27)/t19-/m1/s1. The monoisotopic (exact) mass is 444 g/mol. The third kappa shape index (κ3) is 6.08. The molecular formula is C24H32N2O4S. The average Bonchev–Trinajstić information content (AvgIpc) is 2.79. The third-order valence-electron chi connectivity index (χ3n) is 5.70. The molecule has 0 aromatic heterocycles. The molecule has 0 bridgehead atoms. The molecule has 0 unspecified atom stereocenters. The lowest BCUT2D eigenvalue weighted by atomic mass is 9.95. The van der Waals surface area contributed by atoms with E-state index in [9.17, 15) is 13.2 Å². The Morgan fingerprint density at radius 3 is 2.32 bits per heavy atom. The molecule has 2 aromatic rings. The number of sulfonamides is 1. The van der Waals surface area contributed by atoms with E-state index in [1.807, 2.05) is 44.2 Å². The van der Waals surface area contributed by atoms with E-state index in [0.29, 0.717) is 12.4 Å². The molecule has 6 nitrogen and oxygen atoms in total. The zero-order chi connectivity index (χ0) is 22.3. The Hall–Kier alpha value is -2.38. The predicted molar refractivity (Wildman–Crippen MR) is 121 cm³/mol. The highest BCUT2D eigenvalue weighted by Crippen LogP contribution is 2.28. The molecule has 0 radical (unpaired) electrons. The summed E-state index contributed by atoms with van der Waals surface area (Å²) in [5.41, 5.74) is 0.981. The topological polar surface area (TPSA) is 75.7 Å². The summed E-state index contributed by atoms with van der Waals surface area (Å²) in [7, 11) is -3.81. The number of nitrogens with zero attached hydrogens (tertiary/aromatic N) is 1. The van der Waals surface area contributed by atoms with Gasteiger partial charge < -0.3 is 10.1 Å². The molecule has 3 rings (SSSR count). The lowest BCUT2D eigenvalue weighted by Gasteiger charge is -2.33. The highest BCUT2D eigenvalue weighted by molar-refractivity contribution is 7.89. The van der Waals surface area contributed by atoms with Gasteiger partial charge in [0.15, 0.2) is 0 Å². The summed E-state index contributed by atoms with van der Waals surface area (Å²) < 4.78 is 33.8. The lowest BCUT2D eigenvalue weighted by Crippen LogP contribution is -2.47. The second kappa shape index (κ2) is 10.8. The van der Waals surface area contributed by atoms with Gasteiger partial charge in [-0.05, 0) is 56.5 Å². The molecule has 31 heavy (non-hydrogen) atoms. The third-order valence-corrected chi connectivity index (χ3v) is 7.61. The molecule has 0 heterocycles. The van der Waals surface area contributed by atoms with Crippen molar-refractivity contribution >= 4 is 15.9 Å². The molecule has 1 amide bonds. The number of ether oxygens (including phenoxy) is 1. The van der Waals surface area contributed by atoms with Crippen molar-refractivity contribution < 1.29 is 17.9 Å². The number of nitrogens with one attached hydrogen (secondary N) is 1. The van der Waals surface area contributed by atoms with Crippen LogP contribution in [-0.2, 0) is 14.8 Å². The van der Waals surface area contributed by atoms with Gasteiger partial charge in [-0.2, -0.15) is 4.31 Å². The number of carbonyl (C=O) groups is 1. The number of hydrogen-bond donors (Lipinski definition) is 1. The second-order valence-corrected chi connectivity index (χ2v) is 9.84. The van der Waals surface area contributed by atoms with Gasteiger partial charge in [0.05, 0.1) is 24.1 Å². The van der Waals surface area contributed by atoms with Crippen molar-refractivity contribution in [3.63, 3.8) is 0 Å².